The zero-order valence-corrected chi connectivity index (χ0v) is 6.36. The molecule has 0 saturated carbocycles. The van der Waals surface area contributed by atoms with Gasteiger partial charge in [-0.25, -0.2) is 0 Å². The molecule has 3 heteroatoms. The lowest BCUT2D eigenvalue weighted by Gasteiger charge is -2.07. The van der Waals surface area contributed by atoms with Crippen LogP contribution in [-0.2, 0) is 14.3 Å². The highest BCUT2D eigenvalue weighted by molar-refractivity contribution is 5.51. The summed E-state index contributed by atoms with van der Waals surface area (Å²) < 4.78 is 5.38. The summed E-state index contributed by atoms with van der Waals surface area (Å²) in [5.74, 6) is 0. The molecule has 0 unspecified atom stereocenters. The molecule has 1 heterocycles. The lowest BCUT2D eigenvalue weighted by atomic mass is 10.1. The molecule has 1 aliphatic rings. The molecule has 1 aliphatic heterocycles. The van der Waals surface area contributed by atoms with E-state index in [-0.39, 0.29) is 12.2 Å². The summed E-state index contributed by atoms with van der Waals surface area (Å²) in [6, 6.07) is 0. The Balaban J connectivity index is 2.22. The summed E-state index contributed by atoms with van der Waals surface area (Å²) in [6.45, 7) is 0. The molecule has 0 aliphatic carbocycles. The van der Waals surface area contributed by atoms with Crippen molar-refractivity contribution >= 4 is 12.6 Å². The Morgan fingerprint density at radius 1 is 1.09 bits per heavy atom. The number of carbonyl (C=O) groups excluding carboxylic acids is 2. The molecule has 0 spiro atoms. The van der Waals surface area contributed by atoms with E-state index in [1.54, 1.807) is 0 Å². The fraction of sp³-hybridized carbons (Fsp3) is 0.750. The van der Waals surface area contributed by atoms with E-state index in [1.807, 2.05) is 0 Å². The first-order chi connectivity index (χ1) is 5.36. The Kier molecular flexibility index (Phi) is 3.23. The van der Waals surface area contributed by atoms with Gasteiger partial charge in [0.25, 0.3) is 0 Å². The minimum absolute atomic E-state index is 0.0671. The summed E-state index contributed by atoms with van der Waals surface area (Å²) in [5, 5.41) is 0. The highest BCUT2D eigenvalue weighted by Gasteiger charge is 2.23. The quantitative estimate of drug-likeness (QED) is 0.563. The van der Waals surface area contributed by atoms with Crippen LogP contribution < -0.4 is 0 Å². The fourth-order valence-electron chi connectivity index (χ4n) is 1.34. The van der Waals surface area contributed by atoms with Crippen LogP contribution in [-0.4, -0.2) is 24.8 Å². The number of hydrogen-bond acceptors (Lipinski definition) is 3. The molecule has 0 amide bonds. The highest BCUT2D eigenvalue weighted by Crippen LogP contribution is 2.22. The van der Waals surface area contributed by atoms with E-state index in [1.165, 1.54) is 0 Å². The zero-order valence-electron chi connectivity index (χ0n) is 6.36. The molecule has 0 bridgehead atoms. The Labute approximate surface area is 65.7 Å². The SMILES string of the molecule is O=CC[C@@H]1CC[C@H](CC=O)O1. The molecule has 0 radical (unpaired) electrons. The van der Waals surface area contributed by atoms with Crippen LogP contribution in [0.25, 0.3) is 0 Å². The lowest BCUT2D eigenvalue weighted by Crippen LogP contribution is -2.11. The third-order valence-corrected chi connectivity index (χ3v) is 1.91. The van der Waals surface area contributed by atoms with Crippen LogP contribution in [0.15, 0.2) is 0 Å². The van der Waals surface area contributed by atoms with Gasteiger partial charge in [0.1, 0.15) is 12.6 Å². The van der Waals surface area contributed by atoms with Crippen molar-refractivity contribution in [3.05, 3.63) is 0 Å². The van der Waals surface area contributed by atoms with Gasteiger partial charge < -0.3 is 14.3 Å². The summed E-state index contributed by atoms with van der Waals surface area (Å²) in [5.41, 5.74) is 0. The van der Waals surface area contributed by atoms with Gasteiger partial charge in [-0.2, -0.15) is 0 Å². The van der Waals surface area contributed by atoms with Crippen LogP contribution >= 0.6 is 0 Å². The van der Waals surface area contributed by atoms with Crippen molar-refractivity contribution in [2.24, 2.45) is 0 Å². The second-order valence-corrected chi connectivity index (χ2v) is 2.76. The van der Waals surface area contributed by atoms with Gasteiger partial charge in [0.05, 0.1) is 12.2 Å². The van der Waals surface area contributed by atoms with E-state index < -0.39 is 0 Å². The molecule has 1 fully saturated rings. The van der Waals surface area contributed by atoms with Crippen molar-refractivity contribution in [3.63, 3.8) is 0 Å². The second kappa shape index (κ2) is 4.23. The predicted molar refractivity (Wildman–Crippen MR) is 39.3 cm³/mol. The maximum absolute atomic E-state index is 10.1. The maximum atomic E-state index is 10.1. The van der Waals surface area contributed by atoms with E-state index in [2.05, 4.69) is 0 Å². The molecule has 3 nitrogen and oxygen atoms in total. The van der Waals surface area contributed by atoms with Crippen LogP contribution in [0, 0.1) is 0 Å². The van der Waals surface area contributed by atoms with Gasteiger partial charge in [0.2, 0.25) is 0 Å². The van der Waals surface area contributed by atoms with Crippen LogP contribution in [0.2, 0.25) is 0 Å². The number of carbonyl (C=O) groups is 2. The molecule has 1 rings (SSSR count). The largest absolute Gasteiger partial charge is 0.374 e. The molecular weight excluding hydrogens is 144 g/mol. The van der Waals surface area contributed by atoms with Crippen molar-refractivity contribution in [1.29, 1.82) is 0 Å². The lowest BCUT2D eigenvalue weighted by molar-refractivity contribution is -0.111. The standard InChI is InChI=1S/C8H12O3/c9-5-3-7-1-2-8(11-7)4-6-10/h5-8H,1-4H2/t7-,8+. The van der Waals surface area contributed by atoms with E-state index in [0.29, 0.717) is 12.8 Å². The maximum Gasteiger partial charge on any atom is 0.122 e. The fourth-order valence-corrected chi connectivity index (χ4v) is 1.34. The summed E-state index contributed by atoms with van der Waals surface area (Å²) >= 11 is 0. The average Bonchev–Trinajstić information content (AvgIpc) is 2.38. The van der Waals surface area contributed by atoms with Crippen LogP contribution in [0.5, 0.6) is 0 Å². The van der Waals surface area contributed by atoms with Crippen molar-refractivity contribution in [3.8, 4) is 0 Å². The molecule has 0 N–H and O–H groups in total. The Hall–Kier alpha value is -0.700. The Morgan fingerprint density at radius 2 is 1.55 bits per heavy atom. The van der Waals surface area contributed by atoms with Gasteiger partial charge in [-0.05, 0) is 12.8 Å². The van der Waals surface area contributed by atoms with Crippen molar-refractivity contribution in [1.82, 2.24) is 0 Å². The van der Waals surface area contributed by atoms with Crippen molar-refractivity contribution < 1.29 is 14.3 Å². The molecule has 2 atom stereocenters. The highest BCUT2D eigenvalue weighted by atomic mass is 16.5. The summed E-state index contributed by atoms with van der Waals surface area (Å²) in [7, 11) is 0. The minimum atomic E-state index is 0.0671. The zero-order chi connectivity index (χ0) is 8.10. The third kappa shape index (κ3) is 2.42. The van der Waals surface area contributed by atoms with E-state index in [4.69, 9.17) is 4.74 Å². The molecule has 11 heavy (non-hydrogen) atoms. The van der Waals surface area contributed by atoms with Gasteiger partial charge in [-0.15, -0.1) is 0 Å². The molecular formula is C8H12O3. The third-order valence-electron chi connectivity index (χ3n) is 1.91. The minimum Gasteiger partial charge on any atom is -0.374 e. The van der Waals surface area contributed by atoms with Gasteiger partial charge in [0, 0.05) is 12.8 Å². The first-order valence-electron chi connectivity index (χ1n) is 3.89. The van der Waals surface area contributed by atoms with Crippen molar-refractivity contribution in [2.75, 3.05) is 0 Å². The number of hydrogen-bond donors (Lipinski definition) is 0. The molecule has 0 aromatic heterocycles. The van der Waals surface area contributed by atoms with Gasteiger partial charge in [-0.3, -0.25) is 0 Å². The first kappa shape index (κ1) is 8.40. The van der Waals surface area contributed by atoms with Gasteiger partial charge in [0.15, 0.2) is 0 Å². The Morgan fingerprint density at radius 3 is 1.91 bits per heavy atom. The monoisotopic (exact) mass is 156 g/mol. The second-order valence-electron chi connectivity index (χ2n) is 2.76. The summed E-state index contributed by atoms with van der Waals surface area (Å²) in [6.07, 6.45) is 4.64. The van der Waals surface area contributed by atoms with Crippen molar-refractivity contribution in [2.45, 2.75) is 37.9 Å². The topological polar surface area (TPSA) is 43.4 Å². The van der Waals surface area contributed by atoms with E-state index >= 15 is 0 Å². The summed E-state index contributed by atoms with van der Waals surface area (Å²) in [4.78, 5) is 20.2. The van der Waals surface area contributed by atoms with E-state index in [9.17, 15) is 9.59 Å². The van der Waals surface area contributed by atoms with Crippen LogP contribution in [0.1, 0.15) is 25.7 Å². The molecule has 1 saturated heterocycles. The van der Waals surface area contributed by atoms with Gasteiger partial charge >= 0.3 is 0 Å². The molecule has 0 aromatic carbocycles. The number of aldehydes is 2. The smallest absolute Gasteiger partial charge is 0.122 e. The van der Waals surface area contributed by atoms with Crippen LogP contribution in [0.4, 0.5) is 0 Å². The number of rotatable bonds is 4. The molecule has 62 valence electrons. The first-order valence-corrected chi connectivity index (χ1v) is 3.89. The average molecular weight is 156 g/mol. The predicted octanol–water partition coefficient (Wildman–Crippen LogP) is 0.712. The number of ether oxygens (including phenoxy) is 1. The molecule has 0 aromatic rings. The van der Waals surface area contributed by atoms with E-state index in [0.717, 1.165) is 25.4 Å². The normalized spacial score (nSPS) is 30.2. The van der Waals surface area contributed by atoms with Crippen LogP contribution in [0.3, 0.4) is 0 Å². The Bertz CT molecular complexity index is 128. The van der Waals surface area contributed by atoms with Gasteiger partial charge in [-0.1, -0.05) is 0 Å².